The summed E-state index contributed by atoms with van der Waals surface area (Å²) < 4.78 is 32.4. The van der Waals surface area contributed by atoms with Gasteiger partial charge in [-0.2, -0.15) is 0 Å². The number of carbonyl (C=O) groups excluding carboxylic acids is 1. The number of fused-ring (bicyclic) bond motifs is 2. The summed E-state index contributed by atoms with van der Waals surface area (Å²) in [6.07, 6.45) is 5.38. The van der Waals surface area contributed by atoms with Crippen molar-refractivity contribution in [3.63, 3.8) is 0 Å². The average molecular weight is 350 g/mol. The molecule has 3 fully saturated rings. The summed E-state index contributed by atoms with van der Waals surface area (Å²) in [5.74, 6) is -0.0273. The van der Waals surface area contributed by atoms with Crippen LogP contribution in [0.15, 0.2) is 18.2 Å². The highest BCUT2D eigenvalue weighted by Gasteiger charge is 2.50. The molecule has 0 spiro atoms. The van der Waals surface area contributed by atoms with Crippen LogP contribution >= 0.6 is 0 Å². The van der Waals surface area contributed by atoms with Gasteiger partial charge >= 0.3 is 6.09 Å². The molecule has 4 nitrogen and oxygen atoms in total. The number of benzene rings is 1. The highest BCUT2D eigenvalue weighted by atomic mass is 19.1. The molecular weight excluding hydrogens is 326 g/mol. The number of hydrogen-bond acceptors (Lipinski definition) is 3. The first kappa shape index (κ1) is 16.8. The lowest BCUT2D eigenvalue weighted by molar-refractivity contribution is 0.0644. The van der Waals surface area contributed by atoms with Gasteiger partial charge in [-0.1, -0.05) is 19.3 Å². The minimum atomic E-state index is -0.616. The van der Waals surface area contributed by atoms with Crippen molar-refractivity contribution in [1.82, 2.24) is 4.90 Å². The maximum Gasteiger partial charge on any atom is 0.410 e. The van der Waals surface area contributed by atoms with Gasteiger partial charge in [0.1, 0.15) is 17.7 Å². The molecule has 3 aliphatic rings. The lowest BCUT2D eigenvalue weighted by Crippen LogP contribution is -2.52. The van der Waals surface area contributed by atoms with Crippen molar-refractivity contribution in [1.29, 1.82) is 0 Å². The third-order valence-electron chi connectivity index (χ3n) is 6.11. The normalized spacial score (nSPS) is 32.8. The van der Waals surface area contributed by atoms with E-state index in [1.54, 1.807) is 0 Å². The van der Waals surface area contributed by atoms with Gasteiger partial charge in [-0.15, -0.1) is 0 Å². The quantitative estimate of drug-likeness (QED) is 0.911. The molecule has 1 amide bonds. The molecule has 5 atom stereocenters. The first-order valence-corrected chi connectivity index (χ1v) is 9.19. The van der Waals surface area contributed by atoms with Crippen LogP contribution in [-0.4, -0.2) is 35.7 Å². The standard InChI is InChI=1S/C19H24F2N2O2/c20-14-5-11(6-15(21)9-14)7-16(22)18-17-8-12-3-1-2-4-13(12)10-23(17)19(24)25-18/h5-6,9,12-13,16-18H,1-4,7-8,10,22H2/t12?,13?,16-,17-,18-/m0/s1. The Balaban J connectivity index is 1.49. The highest BCUT2D eigenvalue weighted by molar-refractivity contribution is 5.71. The fourth-order valence-corrected chi connectivity index (χ4v) is 4.93. The SMILES string of the molecule is N[C@@H](Cc1cc(F)cc(F)c1)[C@@H]1OC(=O)N2CC3CCCCC3C[C@@H]12. The van der Waals surface area contributed by atoms with E-state index in [9.17, 15) is 13.6 Å². The summed E-state index contributed by atoms with van der Waals surface area (Å²) in [5.41, 5.74) is 6.79. The van der Waals surface area contributed by atoms with Crippen LogP contribution in [0.4, 0.5) is 13.6 Å². The van der Waals surface area contributed by atoms with Crippen molar-refractivity contribution in [2.75, 3.05) is 6.54 Å². The van der Waals surface area contributed by atoms with Crippen LogP contribution in [0.1, 0.15) is 37.7 Å². The first-order valence-electron chi connectivity index (χ1n) is 9.19. The Labute approximate surface area is 146 Å². The summed E-state index contributed by atoms with van der Waals surface area (Å²) in [5, 5.41) is 0. The Morgan fingerprint density at radius 3 is 2.56 bits per heavy atom. The summed E-state index contributed by atoms with van der Waals surface area (Å²) in [4.78, 5) is 14.1. The number of nitrogens with two attached hydrogens (primary N) is 1. The molecule has 2 aliphatic heterocycles. The van der Waals surface area contributed by atoms with E-state index in [0.717, 1.165) is 19.0 Å². The number of piperidine rings is 1. The van der Waals surface area contributed by atoms with E-state index < -0.39 is 23.8 Å². The lowest BCUT2D eigenvalue weighted by Gasteiger charge is -2.43. The van der Waals surface area contributed by atoms with Crippen LogP contribution in [0.25, 0.3) is 0 Å². The fourth-order valence-electron chi connectivity index (χ4n) is 4.93. The predicted octanol–water partition coefficient (Wildman–Crippen LogP) is 3.23. The van der Waals surface area contributed by atoms with Gasteiger partial charge in [-0.05, 0) is 48.8 Å². The van der Waals surface area contributed by atoms with Crippen molar-refractivity contribution in [2.24, 2.45) is 17.6 Å². The van der Waals surface area contributed by atoms with Gasteiger partial charge in [0.15, 0.2) is 0 Å². The Morgan fingerprint density at radius 2 is 1.84 bits per heavy atom. The number of carbonyl (C=O) groups is 1. The zero-order chi connectivity index (χ0) is 17.6. The second-order valence-electron chi connectivity index (χ2n) is 7.75. The van der Waals surface area contributed by atoms with Crippen molar-refractivity contribution in [3.8, 4) is 0 Å². The van der Waals surface area contributed by atoms with Crippen LogP contribution in [0, 0.1) is 23.5 Å². The third-order valence-corrected chi connectivity index (χ3v) is 6.11. The molecular formula is C19H24F2N2O2. The number of cyclic esters (lactones) is 1. The van der Waals surface area contributed by atoms with E-state index >= 15 is 0 Å². The van der Waals surface area contributed by atoms with E-state index in [2.05, 4.69) is 0 Å². The molecule has 1 aromatic rings. The molecule has 0 aromatic heterocycles. The third kappa shape index (κ3) is 3.24. The lowest BCUT2D eigenvalue weighted by atomic mass is 9.72. The number of nitrogens with zero attached hydrogens (tertiary/aromatic N) is 1. The van der Waals surface area contributed by atoms with Crippen molar-refractivity contribution >= 4 is 6.09 Å². The van der Waals surface area contributed by atoms with Gasteiger partial charge in [-0.25, -0.2) is 13.6 Å². The van der Waals surface area contributed by atoms with Crippen LogP contribution < -0.4 is 5.73 Å². The Morgan fingerprint density at radius 1 is 1.16 bits per heavy atom. The fraction of sp³-hybridized carbons (Fsp3) is 0.632. The van der Waals surface area contributed by atoms with Gasteiger partial charge in [0.05, 0.1) is 6.04 Å². The van der Waals surface area contributed by atoms with Crippen LogP contribution in [0.5, 0.6) is 0 Å². The number of rotatable bonds is 3. The Hall–Kier alpha value is -1.69. The minimum Gasteiger partial charge on any atom is -0.442 e. The average Bonchev–Trinajstić information content (AvgIpc) is 2.88. The van der Waals surface area contributed by atoms with Crippen molar-refractivity contribution in [2.45, 2.75) is 56.7 Å². The van der Waals surface area contributed by atoms with Crippen molar-refractivity contribution < 1.29 is 18.3 Å². The minimum absolute atomic E-state index is 0.0137. The molecule has 1 aliphatic carbocycles. The molecule has 1 saturated carbocycles. The van der Waals surface area contributed by atoms with E-state index in [4.69, 9.17) is 10.5 Å². The van der Waals surface area contributed by atoms with Crippen LogP contribution in [-0.2, 0) is 11.2 Å². The molecule has 0 radical (unpaired) electrons. The molecule has 1 aromatic carbocycles. The molecule has 2 N–H and O–H groups in total. The topological polar surface area (TPSA) is 55.6 Å². The van der Waals surface area contributed by atoms with Gasteiger partial charge in [-0.3, -0.25) is 0 Å². The number of halogens is 2. The Kier molecular flexibility index (Phi) is 4.40. The monoisotopic (exact) mass is 350 g/mol. The summed E-state index contributed by atoms with van der Waals surface area (Å²) in [7, 11) is 0. The molecule has 0 bridgehead atoms. The Bertz CT molecular complexity index is 649. The van der Waals surface area contributed by atoms with Crippen LogP contribution in [0.3, 0.4) is 0 Å². The van der Waals surface area contributed by atoms with Gasteiger partial charge in [0.2, 0.25) is 0 Å². The predicted molar refractivity (Wildman–Crippen MR) is 88.9 cm³/mol. The molecule has 136 valence electrons. The maximum atomic E-state index is 13.4. The van der Waals surface area contributed by atoms with E-state index in [-0.39, 0.29) is 18.6 Å². The summed E-state index contributed by atoms with van der Waals surface area (Å²) in [6.45, 7) is 0.756. The molecule has 2 heterocycles. The van der Waals surface area contributed by atoms with Gasteiger partial charge in [0.25, 0.3) is 0 Å². The van der Waals surface area contributed by atoms with Crippen LogP contribution in [0.2, 0.25) is 0 Å². The molecule has 2 saturated heterocycles. The molecule has 4 rings (SSSR count). The number of amides is 1. The van der Waals surface area contributed by atoms with E-state index in [1.165, 1.54) is 37.8 Å². The second kappa shape index (κ2) is 6.56. The number of ether oxygens (including phenoxy) is 1. The van der Waals surface area contributed by atoms with E-state index in [0.29, 0.717) is 17.4 Å². The molecule has 2 unspecified atom stereocenters. The van der Waals surface area contributed by atoms with Gasteiger partial charge in [0, 0.05) is 18.7 Å². The van der Waals surface area contributed by atoms with E-state index in [1.807, 2.05) is 4.90 Å². The summed E-state index contributed by atoms with van der Waals surface area (Å²) in [6, 6.07) is 2.93. The largest absolute Gasteiger partial charge is 0.442 e. The van der Waals surface area contributed by atoms with Gasteiger partial charge < -0.3 is 15.4 Å². The maximum absolute atomic E-state index is 13.4. The van der Waals surface area contributed by atoms with Crippen molar-refractivity contribution in [3.05, 3.63) is 35.4 Å². The zero-order valence-corrected chi connectivity index (χ0v) is 14.2. The molecule has 6 heteroatoms. The summed E-state index contributed by atoms with van der Waals surface area (Å²) >= 11 is 0. The zero-order valence-electron chi connectivity index (χ0n) is 14.2. The second-order valence-corrected chi connectivity index (χ2v) is 7.75. The highest BCUT2D eigenvalue weighted by Crippen LogP contribution is 2.42. The smallest absolute Gasteiger partial charge is 0.410 e. The molecule has 25 heavy (non-hydrogen) atoms. The first-order chi connectivity index (χ1) is 12.0. The number of hydrogen-bond donors (Lipinski definition) is 1.